The van der Waals surface area contributed by atoms with Crippen molar-refractivity contribution in [3.05, 3.63) is 0 Å². The van der Waals surface area contributed by atoms with Crippen LogP contribution in [-0.2, 0) is 9.59 Å². The average molecular weight is 299 g/mol. The van der Waals surface area contributed by atoms with Gasteiger partial charge in [0.25, 0.3) is 0 Å². The van der Waals surface area contributed by atoms with Gasteiger partial charge in [0.15, 0.2) is 0 Å². The van der Waals surface area contributed by atoms with Gasteiger partial charge in [-0.3, -0.25) is 14.5 Å². The molecule has 6 nitrogen and oxygen atoms in total. The third-order valence-corrected chi connectivity index (χ3v) is 3.81. The second kappa shape index (κ2) is 9.73. The van der Waals surface area contributed by atoms with Gasteiger partial charge in [-0.2, -0.15) is 0 Å². The van der Waals surface area contributed by atoms with Crippen LogP contribution in [0.25, 0.3) is 0 Å². The van der Waals surface area contributed by atoms with E-state index < -0.39 is 5.97 Å². The van der Waals surface area contributed by atoms with E-state index in [9.17, 15) is 9.59 Å². The van der Waals surface area contributed by atoms with E-state index in [1.54, 1.807) is 0 Å². The lowest BCUT2D eigenvalue weighted by Gasteiger charge is -2.35. The van der Waals surface area contributed by atoms with Gasteiger partial charge in [0.1, 0.15) is 0 Å². The molecule has 0 aliphatic carbocycles. The number of carboxylic acid groups (broad SMARTS) is 1. The molecule has 21 heavy (non-hydrogen) atoms. The molecule has 1 rings (SSSR count). The Morgan fingerprint density at radius 1 is 1.00 bits per heavy atom. The molecule has 0 aromatic heterocycles. The van der Waals surface area contributed by atoms with Gasteiger partial charge in [0, 0.05) is 45.8 Å². The zero-order valence-corrected chi connectivity index (χ0v) is 13.4. The largest absolute Gasteiger partial charge is 0.481 e. The van der Waals surface area contributed by atoms with E-state index in [0.717, 1.165) is 52.1 Å². The number of nitrogens with zero attached hydrogens (tertiary/aromatic N) is 3. The zero-order chi connectivity index (χ0) is 15.7. The van der Waals surface area contributed by atoms with Gasteiger partial charge >= 0.3 is 5.97 Å². The second-order valence-corrected chi connectivity index (χ2v) is 5.64. The van der Waals surface area contributed by atoms with Crippen LogP contribution < -0.4 is 0 Å². The van der Waals surface area contributed by atoms with Crippen molar-refractivity contribution in [3.8, 4) is 0 Å². The van der Waals surface area contributed by atoms with Gasteiger partial charge < -0.3 is 14.9 Å². The maximum Gasteiger partial charge on any atom is 0.304 e. The molecular weight excluding hydrogens is 270 g/mol. The lowest BCUT2D eigenvalue weighted by Crippen LogP contribution is -2.50. The Bertz CT molecular complexity index is 322. The van der Waals surface area contributed by atoms with Gasteiger partial charge in [-0.15, -0.1) is 0 Å². The minimum Gasteiger partial charge on any atom is -0.481 e. The van der Waals surface area contributed by atoms with Gasteiger partial charge in [-0.1, -0.05) is 13.8 Å². The molecule has 0 saturated carbocycles. The highest BCUT2D eigenvalue weighted by molar-refractivity contribution is 5.78. The van der Waals surface area contributed by atoms with Crippen molar-refractivity contribution in [3.63, 3.8) is 0 Å². The first-order chi connectivity index (χ1) is 10.1. The number of rotatable bonds is 9. The molecule has 1 aliphatic rings. The number of hydrogen-bond donors (Lipinski definition) is 1. The standard InChI is InChI=1S/C15H29N3O3/c1-3-6-18(7-4-2)14(19)13-17-11-9-16(10-12-17)8-5-15(20)21/h3-13H2,1-2H3,(H,20,21). The predicted octanol–water partition coefficient (Wildman–Crippen LogP) is 0.727. The molecule has 1 aliphatic heterocycles. The maximum atomic E-state index is 12.3. The summed E-state index contributed by atoms with van der Waals surface area (Å²) >= 11 is 0. The van der Waals surface area contributed by atoms with Crippen molar-refractivity contribution in [2.24, 2.45) is 0 Å². The topological polar surface area (TPSA) is 64.1 Å². The number of piperazine rings is 1. The summed E-state index contributed by atoms with van der Waals surface area (Å²) in [5, 5.41) is 8.69. The van der Waals surface area contributed by atoms with Gasteiger partial charge in [-0.05, 0) is 12.8 Å². The van der Waals surface area contributed by atoms with Crippen molar-refractivity contribution < 1.29 is 14.7 Å². The van der Waals surface area contributed by atoms with Crippen molar-refractivity contribution in [2.75, 3.05) is 52.4 Å². The first-order valence-electron chi connectivity index (χ1n) is 8.01. The third kappa shape index (κ3) is 6.91. The van der Waals surface area contributed by atoms with Gasteiger partial charge in [0.05, 0.1) is 13.0 Å². The van der Waals surface area contributed by atoms with E-state index in [1.807, 2.05) is 4.90 Å². The molecule has 6 heteroatoms. The Hall–Kier alpha value is -1.14. The summed E-state index contributed by atoms with van der Waals surface area (Å²) in [7, 11) is 0. The molecule has 0 atom stereocenters. The van der Waals surface area contributed by atoms with Crippen LogP contribution in [0.4, 0.5) is 0 Å². The average Bonchev–Trinajstić information content (AvgIpc) is 2.46. The van der Waals surface area contributed by atoms with Crippen LogP contribution in [0.1, 0.15) is 33.1 Å². The number of aliphatic carboxylic acids is 1. The fourth-order valence-electron chi connectivity index (χ4n) is 2.62. The van der Waals surface area contributed by atoms with Crippen molar-refractivity contribution in [1.82, 2.24) is 14.7 Å². The van der Waals surface area contributed by atoms with Crippen LogP contribution in [-0.4, -0.2) is 84.0 Å². The van der Waals surface area contributed by atoms with E-state index in [0.29, 0.717) is 13.1 Å². The molecule has 0 spiro atoms. The summed E-state index contributed by atoms with van der Waals surface area (Å²) < 4.78 is 0. The lowest BCUT2D eigenvalue weighted by molar-refractivity contribution is -0.137. The second-order valence-electron chi connectivity index (χ2n) is 5.64. The molecule has 0 aromatic carbocycles. The third-order valence-electron chi connectivity index (χ3n) is 3.81. The highest BCUT2D eigenvalue weighted by atomic mass is 16.4. The van der Waals surface area contributed by atoms with Crippen LogP contribution in [0, 0.1) is 0 Å². The number of hydrogen-bond acceptors (Lipinski definition) is 4. The summed E-state index contributed by atoms with van der Waals surface area (Å²) in [4.78, 5) is 29.1. The van der Waals surface area contributed by atoms with Crippen molar-refractivity contribution in [1.29, 1.82) is 0 Å². The van der Waals surface area contributed by atoms with Gasteiger partial charge in [0.2, 0.25) is 5.91 Å². The summed E-state index contributed by atoms with van der Waals surface area (Å²) in [6, 6.07) is 0. The number of carboxylic acids is 1. The van der Waals surface area contributed by atoms with Crippen molar-refractivity contribution >= 4 is 11.9 Å². The molecule has 1 fully saturated rings. The molecule has 122 valence electrons. The quantitative estimate of drug-likeness (QED) is 0.680. The number of carbonyl (C=O) groups is 2. The molecule has 1 amide bonds. The van der Waals surface area contributed by atoms with Crippen LogP contribution >= 0.6 is 0 Å². The lowest BCUT2D eigenvalue weighted by atomic mass is 10.2. The fourth-order valence-corrected chi connectivity index (χ4v) is 2.62. The monoisotopic (exact) mass is 299 g/mol. The van der Waals surface area contributed by atoms with Crippen molar-refractivity contribution in [2.45, 2.75) is 33.1 Å². The summed E-state index contributed by atoms with van der Waals surface area (Å²) in [5.41, 5.74) is 0. The Kier molecular flexibility index (Phi) is 8.30. The maximum absolute atomic E-state index is 12.3. The Labute approximate surface area is 127 Å². The van der Waals surface area contributed by atoms with Crippen LogP contribution in [0.3, 0.4) is 0 Å². The molecule has 0 unspecified atom stereocenters. The molecule has 0 aromatic rings. The van der Waals surface area contributed by atoms with Crippen LogP contribution in [0.2, 0.25) is 0 Å². The molecule has 1 saturated heterocycles. The van der Waals surface area contributed by atoms with Crippen LogP contribution in [0.5, 0.6) is 0 Å². The van der Waals surface area contributed by atoms with E-state index >= 15 is 0 Å². The van der Waals surface area contributed by atoms with E-state index in [-0.39, 0.29) is 12.3 Å². The Morgan fingerprint density at radius 2 is 1.52 bits per heavy atom. The van der Waals surface area contributed by atoms with E-state index in [4.69, 9.17) is 5.11 Å². The Balaban J connectivity index is 2.30. The summed E-state index contributed by atoms with van der Waals surface area (Å²) in [6.07, 6.45) is 2.18. The molecular formula is C15H29N3O3. The van der Waals surface area contributed by atoms with E-state index in [1.165, 1.54) is 0 Å². The predicted molar refractivity (Wildman–Crippen MR) is 82.3 cm³/mol. The minimum absolute atomic E-state index is 0.194. The summed E-state index contributed by atoms with van der Waals surface area (Å²) in [5.74, 6) is -0.528. The highest BCUT2D eigenvalue weighted by Gasteiger charge is 2.21. The highest BCUT2D eigenvalue weighted by Crippen LogP contribution is 2.04. The number of carbonyl (C=O) groups excluding carboxylic acids is 1. The molecule has 1 heterocycles. The summed E-state index contributed by atoms with van der Waals surface area (Å²) in [6.45, 7) is 10.4. The first-order valence-corrected chi connectivity index (χ1v) is 8.01. The molecule has 0 bridgehead atoms. The van der Waals surface area contributed by atoms with Crippen LogP contribution in [0.15, 0.2) is 0 Å². The SMILES string of the molecule is CCCN(CCC)C(=O)CN1CCN(CCC(=O)O)CC1. The molecule has 0 radical (unpaired) electrons. The minimum atomic E-state index is -0.748. The first kappa shape index (κ1) is 17.9. The molecule has 1 N–H and O–H groups in total. The number of amides is 1. The van der Waals surface area contributed by atoms with Gasteiger partial charge in [-0.25, -0.2) is 0 Å². The van der Waals surface area contributed by atoms with E-state index in [2.05, 4.69) is 23.6 Å². The Morgan fingerprint density at radius 3 is 2.00 bits per heavy atom. The normalized spacial score (nSPS) is 16.9. The smallest absolute Gasteiger partial charge is 0.304 e. The zero-order valence-electron chi connectivity index (χ0n) is 13.4. The fraction of sp³-hybridized carbons (Fsp3) is 0.867.